The van der Waals surface area contributed by atoms with Crippen LogP contribution in [0.5, 0.6) is 0 Å². The first kappa shape index (κ1) is 12.9. The van der Waals surface area contributed by atoms with E-state index in [-0.39, 0.29) is 40.0 Å². The molecule has 0 amide bonds. The van der Waals surface area contributed by atoms with Crippen molar-refractivity contribution < 1.29 is 17.0 Å². The second-order valence-electron chi connectivity index (χ2n) is 2.44. The Balaban J connectivity index is 0. The first-order valence-corrected chi connectivity index (χ1v) is 3.22. The van der Waals surface area contributed by atoms with Crippen LogP contribution in [0.3, 0.4) is 0 Å². The van der Waals surface area contributed by atoms with Gasteiger partial charge >= 0.3 is 23.1 Å². The standard InChI is InChI=1S/C7H13.BrH.Mg/c1-2-7-5-3-4-6-7;;/h7H,1-6H2;1H;/q-1;;+2/p-1. The third kappa shape index (κ3) is 4.62. The summed E-state index contributed by atoms with van der Waals surface area (Å²) in [5.41, 5.74) is 0. The Morgan fingerprint density at radius 3 is 1.89 bits per heavy atom. The summed E-state index contributed by atoms with van der Waals surface area (Å²) in [7, 11) is 0. The quantitative estimate of drug-likeness (QED) is 0.378. The Hall–Kier alpha value is 1.25. The molecule has 50 valence electrons. The molecule has 0 spiro atoms. The summed E-state index contributed by atoms with van der Waals surface area (Å²) in [6.07, 6.45) is 6.98. The summed E-state index contributed by atoms with van der Waals surface area (Å²) in [5.74, 6) is 0.986. The molecule has 1 aliphatic rings. The predicted octanol–water partition coefficient (Wildman–Crippen LogP) is -0.976. The van der Waals surface area contributed by atoms with Crippen LogP contribution in [0.15, 0.2) is 0 Å². The minimum absolute atomic E-state index is 0. The van der Waals surface area contributed by atoms with Crippen LogP contribution in [0.25, 0.3) is 0 Å². The first-order valence-electron chi connectivity index (χ1n) is 3.22. The van der Waals surface area contributed by atoms with Gasteiger partial charge in [-0.1, -0.05) is 31.6 Å². The molecule has 0 aromatic heterocycles. The number of hydrogen-bond donors (Lipinski definition) is 0. The normalized spacial score (nSPS) is 18.3. The van der Waals surface area contributed by atoms with Gasteiger partial charge in [0.15, 0.2) is 0 Å². The van der Waals surface area contributed by atoms with Crippen molar-refractivity contribution in [2.75, 3.05) is 0 Å². The molecule has 0 radical (unpaired) electrons. The third-order valence-corrected chi connectivity index (χ3v) is 1.88. The smallest absolute Gasteiger partial charge is 1.00 e. The molecule has 0 aliphatic heterocycles. The molecule has 0 atom stereocenters. The fourth-order valence-electron chi connectivity index (χ4n) is 1.30. The number of halogens is 1. The van der Waals surface area contributed by atoms with E-state index in [0.717, 1.165) is 5.92 Å². The van der Waals surface area contributed by atoms with E-state index in [9.17, 15) is 0 Å². The van der Waals surface area contributed by atoms with Gasteiger partial charge in [0.1, 0.15) is 0 Å². The van der Waals surface area contributed by atoms with Crippen LogP contribution in [-0.2, 0) is 0 Å². The Bertz CT molecular complexity index is 50.9. The zero-order valence-electron chi connectivity index (χ0n) is 5.91. The Morgan fingerprint density at radius 1 is 1.22 bits per heavy atom. The van der Waals surface area contributed by atoms with Crippen molar-refractivity contribution in [3.63, 3.8) is 0 Å². The molecule has 0 bridgehead atoms. The van der Waals surface area contributed by atoms with Gasteiger partial charge in [0.05, 0.1) is 0 Å². The van der Waals surface area contributed by atoms with Gasteiger partial charge in [-0.15, -0.1) is 0 Å². The summed E-state index contributed by atoms with van der Waals surface area (Å²) in [6.45, 7) is 3.87. The number of rotatable bonds is 1. The summed E-state index contributed by atoms with van der Waals surface area (Å²) >= 11 is 0. The fourth-order valence-corrected chi connectivity index (χ4v) is 1.30. The fraction of sp³-hybridized carbons (Fsp3) is 0.857. The molecule has 1 rings (SSSR count). The van der Waals surface area contributed by atoms with Crippen molar-refractivity contribution in [3.05, 3.63) is 6.92 Å². The maximum Gasteiger partial charge on any atom is 2.00 e. The molecule has 1 aliphatic carbocycles. The molecule has 9 heavy (non-hydrogen) atoms. The van der Waals surface area contributed by atoms with Gasteiger partial charge in [-0.05, 0) is 0 Å². The molecule has 0 saturated heterocycles. The van der Waals surface area contributed by atoms with Crippen LogP contribution in [0.4, 0.5) is 0 Å². The van der Waals surface area contributed by atoms with Gasteiger partial charge < -0.3 is 23.9 Å². The average Bonchev–Trinajstić information content (AvgIpc) is 2.14. The van der Waals surface area contributed by atoms with E-state index >= 15 is 0 Å². The van der Waals surface area contributed by atoms with Crippen molar-refractivity contribution in [2.45, 2.75) is 32.1 Å². The molecule has 0 aromatic rings. The van der Waals surface area contributed by atoms with Crippen molar-refractivity contribution in [1.29, 1.82) is 0 Å². The second-order valence-corrected chi connectivity index (χ2v) is 2.44. The Kier molecular flexibility index (Phi) is 10.5. The van der Waals surface area contributed by atoms with E-state index < -0.39 is 0 Å². The van der Waals surface area contributed by atoms with E-state index in [1.165, 1.54) is 32.1 Å². The molecule has 0 nitrogen and oxygen atoms in total. The van der Waals surface area contributed by atoms with Crippen LogP contribution < -0.4 is 17.0 Å². The zero-order chi connectivity index (χ0) is 5.11. The topological polar surface area (TPSA) is 0 Å². The van der Waals surface area contributed by atoms with E-state index in [0.29, 0.717) is 0 Å². The summed E-state index contributed by atoms with van der Waals surface area (Å²) in [5, 5.41) is 0. The van der Waals surface area contributed by atoms with Gasteiger partial charge in [0, 0.05) is 0 Å². The maximum absolute atomic E-state index is 3.87. The molecule has 0 heterocycles. The van der Waals surface area contributed by atoms with Crippen molar-refractivity contribution in [3.8, 4) is 0 Å². The predicted molar refractivity (Wildman–Crippen MR) is 37.7 cm³/mol. The van der Waals surface area contributed by atoms with Gasteiger partial charge in [-0.3, -0.25) is 0 Å². The first-order chi connectivity index (χ1) is 3.43. The molecule has 0 N–H and O–H groups in total. The molecular weight excluding hydrogens is 188 g/mol. The van der Waals surface area contributed by atoms with E-state index in [4.69, 9.17) is 0 Å². The minimum Gasteiger partial charge on any atom is -1.00 e. The molecule has 1 fully saturated rings. The second kappa shape index (κ2) is 7.35. The molecular formula is C7H13BrMg. The monoisotopic (exact) mass is 200 g/mol. The van der Waals surface area contributed by atoms with Crippen molar-refractivity contribution in [2.24, 2.45) is 5.92 Å². The summed E-state index contributed by atoms with van der Waals surface area (Å²) in [4.78, 5) is 0. The largest absolute Gasteiger partial charge is 2.00 e. The Morgan fingerprint density at radius 2 is 1.67 bits per heavy atom. The number of hydrogen-bond acceptors (Lipinski definition) is 0. The van der Waals surface area contributed by atoms with E-state index in [1.807, 2.05) is 0 Å². The SMILES string of the molecule is [Br-].[CH2-]CC1CCCC1.[Mg+2]. The summed E-state index contributed by atoms with van der Waals surface area (Å²) < 4.78 is 0. The minimum atomic E-state index is 0. The van der Waals surface area contributed by atoms with Crippen LogP contribution in [0.1, 0.15) is 32.1 Å². The molecule has 2 heteroatoms. The van der Waals surface area contributed by atoms with Crippen LogP contribution in [-0.4, -0.2) is 23.1 Å². The van der Waals surface area contributed by atoms with Crippen LogP contribution in [0, 0.1) is 12.8 Å². The average molecular weight is 201 g/mol. The Labute approximate surface area is 84.7 Å². The van der Waals surface area contributed by atoms with E-state index in [1.54, 1.807) is 0 Å². The third-order valence-electron chi connectivity index (χ3n) is 1.88. The van der Waals surface area contributed by atoms with Gasteiger partial charge in [-0.25, -0.2) is 0 Å². The molecule has 0 unspecified atom stereocenters. The van der Waals surface area contributed by atoms with E-state index in [2.05, 4.69) is 6.92 Å². The van der Waals surface area contributed by atoms with Gasteiger partial charge in [0.2, 0.25) is 0 Å². The van der Waals surface area contributed by atoms with Crippen molar-refractivity contribution >= 4 is 23.1 Å². The maximum atomic E-state index is 3.87. The van der Waals surface area contributed by atoms with Crippen molar-refractivity contribution in [1.82, 2.24) is 0 Å². The van der Waals surface area contributed by atoms with Gasteiger partial charge in [0.25, 0.3) is 0 Å². The zero-order valence-corrected chi connectivity index (χ0v) is 8.91. The van der Waals surface area contributed by atoms with Crippen LogP contribution >= 0.6 is 0 Å². The van der Waals surface area contributed by atoms with Gasteiger partial charge in [-0.2, -0.15) is 6.42 Å². The molecule has 0 aromatic carbocycles. The van der Waals surface area contributed by atoms with Crippen LogP contribution in [0.2, 0.25) is 0 Å². The molecule has 1 saturated carbocycles. The summed E-state index contributed by atoms with van der Waals surface area (Å²) in [6, 6.07) is 0.